The molecule has 12 heteroatoms. The average molecular weight is 715 g/mol. The summed E-state index contributed by atoms with van der Waals surface area (Å²) in [5.74, 6) is -5.79. The molecule has 280 valence electrons. The summed E-state index contributed by atoms with van der Waals surface area (Å²) in [7, 11) is 0. The zero-order chi connectivity index (χ0) is 37.7. The van der Waals surface area contributed by atoms with Gasteiger partial charge in [-0.3, -0.25) is 29.0 Å². The van der Waals surface area contributed by atoms with Crippen LogP contribution in [0.1, 0.15) is 101 Å². The van der Waals surface area contributed by atoms with Crippen molar-refractivity contribution in [2.45, 2.75) is 109 Å². The molecule has 1 aromatic carbocycles. The van der Waals surface area contributed by atoms with Gasteiger partial charge in [-0.25, -0.2) is 0 Å². The highest BCUT2D eigenvalue weighted by molar-refractivity contribution is 6.17. The number of aromatic amines is 1. The van der Waals surface area contributed by atoms with Gasteiger partial charge in [-0.1, -0.05) is 90.5 Å². The second kappa shape index (κ2) is 16.6. The molecule has 52 heavy (non-hydrogen) atoms. The summed E-state index contributed by atoms with van der Waals surface area (Å²) in [6.07, 6.45) is 5.63. The molecule has 0 saturated heterocycles. The number of hydrogen-bond acceptors (Lipinski definition) is 9. The van der Waals surface area contributed by atoms with Crippen LogP contribution in [-0.2, 0) is 19.2 Å². The van der Waals surface area contributed by atoms with Gasteiger partial charge in [0, 0.05) is 29.6 Å². The lowest BCUT2D eigenvalue weighted by Crippen LogP contribution is -2.69. The minimum absolute atomic E-state index is 0.178. The van der Waals surface area contributed by atoms with Crippen LogP contribution in [0.4, 0.5) is 0 Å². The Hall–Kier alpha value is -4.26. The number of ketones is 3. The summed E-state index contributed by atoms with van der Waals surface area (Å²) in [6, 6.07) is 9.24. The van der Waals surface area contributed by atoms with E-state index in [1.807, 2.05) is 38.1 Å². The van der Waals surface area contributed by atoms with Gasteiger partial charge in [-0.05, 0) is 48.4 Å². The Labute approximate surface area is 305 Å². The van der Waals surface area contributed by atoms with Crippen molar-refractivity contribution in [2.75, 3.05) is 0 Å². The number of amides is 2. The van der Waals surface area contributed by atoms with Gasteiger partial charge < -0.3 is 32.2 Å². The topological polar surface area (TPSA) is 210 Å². The first-order valence-electron chi connectivity index (χ1n) is 18.7. The first-order valence-corrected chi connectivity index (χ1v) is 18.7. The third-order valence-corrected chi connectivity index (χ3v) is 11.6. The lowest BCUT2D eigenvalue weighted by atomic mass is 9.54. The van der Waals surface area contributed by atoms with Crippen molar-refractivity contribution >= 4 is 40.1 Å². The minimum Gasteiger partial charge on any atom is -0.391 e. The van der Waals surface area contributed by atoms with Crippen LogP contribution >= 0.6 is 0 Å². The Kier molecular flexibility index (Phi) is 12.4. The van der Waals surface area contributed by atoms with Crippen LogP contribution in [0.5, 0.6) is 0 Å². The second-order valence-electron chi connectivity index (χ2n) is 15.2. The fourth-order valence-electron chi connectivity index (χ4n) is 8.29. The Morgan fingerprint density at radius 3 is 2.35 bits per heavy atom. The number of nitrogens with one attached hydrogen (secondary N) is 3. The molecule has 0 spiro atoms. The molecule has 2 aliphatic carbocycles. The molecule has 2 fully saturated rings. The molecular formula is C40H54N6O6. The monoisotopic (exact) mass is 714 g/mol. The average Bonchev–Trinajstić information content (AvgIpc) is 3.59. The van der Waals surface area contributed by atoms with Crippen LogP contribution in [-0.4, -0.2) is 68.5 Å². The number of benzene rings is 1. The predicted molar refractivity (Wildman–Crippen MR) is 198 cm³/mol. The molecule has 3 unspecified atom stereocenters. The highest BCUT2D eigenvalue weighted by Gasteiger charge is 2.64. The molecule has 0 bridgehead atoms. The van der Waals surface area contributed by atoms with Crippen LogP contribution in [0, 0.1) is 29.1 Å². The number of carbonyl (C=O) groups is 5. The molecule has 12 nitrogen and oxygen atoms in total. The summed E-state index contributed by atoms with van der Waals surface area (Å²) in [5.41, 5.74) is 12.0. The van der Waals surface area contributed by atoms with Crippen molar-refractivity contribution in [2.24, 2.45) is 40.6 Å². The van der Waals surface area contributed by atoms with Crippen LogP contribution in [0.25, 0.3) is 10.9 Å². The zero-order valence-electron chi connectivity index (χ0n) is 30.6. The van der Waals surface area contributed by atoms with Gasteiger partial charge in [0.25, 0.3) is 5.91 Å². The van der Waals surface area contributed by atoms with Gasteiger partial charge in [-0.15, -0.1) is 0 Å². The number of nitrogens with two attached hydrogens (primary N) is 2. The Morgan fingerprint density at radius 2 is 1.71 bits per heavy atom. The number of fused-ring (bicyclic) bond motifs is 1. The molecule has 8 atom stereocenters. The predicted octanol–water partition coefficient (Wildman–Crippen LogP) is 3.92. The number of H-pyrrole nitrogens is 1. The smallest absolute Gasteiger partial charge is 0.268 e. The quantitative estimate of drug-likeness (QED) is 0.134. The molecule has 0 radical (unpaired) electrons. The van der Waals surface area contributed by atoms with E-state index in [0.717, 1.165) is 37.5 Å². The van der Waals surface area contributed by atoms with Gasteiger partial charge in [0.2, 0.25) is 5.91 Å². The molecule has 2 aliphatic rings. The van der Waals surface area contributed by atoms with Crippen LogP contribution in [0.3, 0.4) is 0 Å². The van der Waals surface area contributed by atoms with E-state index in [9.17, 15) is 19.5 Å². The fourth-order valence-corrected chi connectivity index (χ4v) is 8.29. The molecule has 8 N–H and O–H groups in total. The Morgan fingerprint density at radius 1 is 1.02 bits per heavy atom. The van der Waals surface area contributed by atoms with E-state index in [4.69, 9.17) is 11.5 Å². The molecular weight excluding hydrogens is 660 g/mol. The molecule has 3 aromatic rings. The maximum Gasteiger partial charge on any atom is 0.268 e. The van der Waals surface area contributed by atoms with Crippen molar-refractivity contribution in [3.05, 3.63) is 66.1 Å². The Bertz CT molecular complexity index is 1720. The van der Waals surface area contributed by atoms with Crippen molar-refractivity contribution in [3.8, 4) is 0 Å². The summed E-state index contributed by atoms with van der Waals surface area (Å²) < 4.78 is 0. The summed E-state index contributed by atoms with van der Waals surface area (Å²) in [4.78, 5) is 79.4. The minimum atomic E-state index is -2.22. The zero-order valence-corrected chi connectivity index (χ0v) is 30.6. The van der Waals surface area contributed by atoms with E-state index >= 15 is 9.59 Å². The first-order chi connectivity index (χ1) is 24.8. The van der Waals surface area contributed by atoms with Crippen molar-refractivity contribution in [3.63, 3.8) is 0 Å². The molecule has 2 amide bonds. The number of aromatic nitrogens is 2. The highest BCUT2D eigenvalue weighted by atomic mass is 16.3. The SMILES string of the molecule is CC[C@H](C)[C@H](N)C(=O)C(NC(=O)C1(C(C)C)C(=O)[C@@H](NC(=O)c2cc3ccccc3[nH]2)CC(=O)C1[C@H](O)[C@@H](N)CC1CCCCC1)c1ccccn1. The van der Waals surface area contributed by atoms with Crippen LogP contribution in [0.2, 0.25) is 0 Å². The third-order valence-electron chi connectivity index (χ3n) is 11.6. The van der Waals surface area contributed by atoms with Crippen molar-refractivity contribution in [1.82, 2.24) is 20.6 Å². The number of nitrogens with zero attached hydrogens (tertiary/aromatic N) is 1. The normalized spacial score (nSPS) is 24.2. The largest absolute Gasteiger partial charge is 0.391 e. The first kappa shape index (κ1) is 39.0. The van der Waals surface area contributed by atoms with Crippen molar-refractivity contribution < 1.29 is 29.1 Å². The van der Waals surface area contributed by atoms with Gasteiger partial charge in [0.05, 0.1) is 29.8 Å². The molecule has 2 heterocycles. The van der Waals surface area contributed by atoms with Gasteiger partial charge >= 0.3 is 0 Å². The van der Waals surface area contributed by atoms with Gasteiger partial charge in [0.15, 0.2) is 11.6 Å². The molecule has 5 rings (SSSR count). The molecule has 2 aromatic heterocycles. The van der Waals surface area contributed by atoms with E-state index < -0.39 is 83.1 Å². The van der Waals surface area contributed by atoms with E-state index in [2.05, 4.69) is 20.6 Å². The number of pyridine rings is 1. The van der Waals surface area contributed by atoms with Gasteiger partial charge in [-0.2, -0.15) is 0 Å². The number of carbonyl (C=O) groups excluding carboxylic acids is 5. The number of Topliss-reactive ketones (excluding diaryl/α,β-unsaturated/α-hetero) is 3. The number of aliphatic hydroxyl groups is 1. The molecule has 2 saturated carbocycles. The summed E-state index contributed by atoms with van der Waals surface area (Å²) in [6.45, 7) is 6.99. The number of hydrogen-bond donors (Lipinski definition) is 6. The summed E-state index contributed by atoms with van der Waals surface area (Å²) in [5, 5.41) is 18.3. The highest BCUT2D eigenvalue weighted by Crippen LogP contribution is 2.47. The fraction of sp³-hybridized carbons (Fsp3) is 0.550. The van der Waals surface area contributed by atoms with Crippen LogP contribution in [0.15, 0.2) is 54.7 Å². The van der Waals surface area contributed by atoms with E-state index in [1.165, 1.54) is 6.20 Å². The standard InChI is InChI=1S/C40H54N6O6/c1-5-23(4)33(42)36(49)34(28-17-11-12-18-43-28)46-39(52)40(22(2)3)32(35(48)26(41)19-24-13-7-6-8-14-24)31(47)21-29(37(40)50)45-38(51)30-20-25-15-9-10-16-27(25)44-30/h9-12,15-18,20,22-24,26,29,32-35,44,48H,5-8,13-14,19,21,41-42H2,1-4H3,(H,45,51)(H,46,52)/t23-,26-,29-,32?,33-,34?,35+,40?/m0/s1. The Balaban J connectivity index is 1.56. The summed E-state index contributed by atoms with van der Waals surface area (Å²) >= 11 is 0. The molecule has 0 aliphatic heterocycles. The second-order valence-corrected chi connectivity index (χ2v) is 15.2. The maximum absolute atomic E-state index is 15.0. The third kappa shape index (κ3) is 7.74. The lowest BCUT2D eigenvalue weighted by Gasteiger charge is -2.48. The van der Waals surface area contributed by atoms with Gasteiger partial charge in [0.1, 0.15) is 22.9 Å². The lowest BCUT2D eigenvalue weighted by molar-refractivity contribution is -0.168. The maximum atomic E-state index is 15.0. The van der Waals surface area contributed by atoms with E-state index in [1.54, 1.807) is 38.1 Å². The number of para-hydroxylation sites is 1. The number of aliphatic hydroxyl groups excluding tert-OH is 1. The van der Waals surface area contributed by atoms with Crippen molar-refractivity contribution in [1.29, 1.82) is 0 Å². The van der Waals surface area contributed by atoms with E-state index in [0.29, 0.717) is 18.4 Å². The number of rotatable bonds is 14. The van der Waals surface area contributed by atoms with E-state index in [-0.39, 0.29) is 23.2 Å². The van der Waals surface area contributed by atoms with Crippen LogP contribution < -0.4 is 22.1 Å².